The molecule has 2 heterocycles. The lowest BCUT2D eigenvalue weighted by molar-refractivity contribution is -0.116. The van der Waals surface area contributed by atoms with Gasteiger partial charge in [-0.3, -0.25) is 19.3 Å². The van der Waals surface area contributed by atoms with Crippen molar-refractivity contribution in [2.75, 3.05) is 19.0 Å². The van der Waals surface area contributed by atoms with E-state index in [1.165, 1.54) is 16.2 Å². The normalized spacial score (nSPS) is 12.7. The Morgan fingerprint density at radius 2 is 1.78 bits per heavy atom. The average molecular weight is 450 g/mol. The van der Waals surface area contributed by atoms with E-state index >= 15 is 0 Å². The molecule has 4 rings (SSSR count). The second-order valence-electron chi connectivity index (χ2n) is 7.44. The van der Waals surface area contributed by atoms with Crippen LogP contribution in [0.1, 0.15) is 46.4 Å². The Kier molecular flexibility index (Phi) is 6.61. The van der Waals surface area contributed by atoms with Gasteiger partial charge in [0.2, 0.25) is 5.91 Å². The topological polar surface area (TPSA) is 88.6 Å². The molecule has 8 heteroatoms. The van der Waals surface area contributed by atoms with Crippen molar-refractivity contribution >= 4 is 34.2 Å². The van der Waals surface area contributed by atoms with Gasteiger partial charge in [-0.05, 0) is 37.1 Å². The molecular weight excluding hydrogens is 426 g/mol. The van der Waals surface area contributed by atoms with Crippen LogP contribution in [0, 0.1) is 0 Å². The first-order chi connectivity index (χ1) is 15.6. The molecule has 0 unspecified atom stereocenters. The van der Waals surface area contributed by atoms with Crippen molar-refractivity contribution in [3.63, 3.8) is 0 Å². The van der Waals surface area contributed by atoms with Crippen molar-refractivity contribution in [1.29, 1.82) is 0 Å². The largest absolute Gasteiger partial charge is 0.497 e. The van der Waals surface area contributed by atoms with E-state index in [1.54, 1.807) is 31.4 Å². The maximum Gasteiger partial charge on any atom is 0.261 e. The molecule has 3 aromatic rings. The third-order valence-electron chi connectivity index (χ3n) is 5.28. The summed E-state index contributed by atoms with van der Waals surface area (Å²) in [5, 5.41) is 5.29. The van der Waals surface area contributed by atoms with Crippen LogP contribution in [0.2, 0.25) is 0 Å². The third-order valence-corrected chi connectivity index (χ3v) is 6.04. The van der Waals surface area contributed by atoms with Crippen LogP contribution in [0.5, 0.6) is 5.75 Å². The molecule has 32 heavy (non-hydrogen) atoms. The number of ether oxygens (including phenoxy) is 1. The highest BCUT2D eigenvalue weighted by molar-refractivity contribution is 7.14. The van der Waals surface area contributed by atoms with Gasteiger partial charge in [-0.15, -0.1) is 11.3 Å². The van der Waals surface area contributed by atoms with E-state index in [1.807, 2.05) is 29.6 Å². The summed E-state index contributed by atoms with van der Waals surface area (Å²) in [7, 11) is 1.62. The van der Waals surface area contributed by atoms with E-state index in [4.69, 9.17) is 4.74 Å². The van der Waals surface area contributed by atoms with Gasteiger partial charge in [0.1, 0.15) is 5.75 Å². The molecule has 3 amide bonds. The van der Waals surface area contributed by atoms with Crippen LogP contribution < -0.4 is 10.1 Å². The Balaban J connectivity index is 1.20. The molecule has 1 aliphatic rings. The number of fused-ring (bicyclic) bond motifs is 1. The Hall–Kier alpha value is -3.52. The van der Waals surface area contributed by atoms with Crippen molar-refractivity contribution in [1.82, 2.24) is 9.88 Å². The molecule has 0 aliphatic carbocycles. The van der Waals surface area contributed by atoms with Gasteiger partial charge in [-0.1, -0.05) is 30.7 Å². The van der Waals surface area contributed by atoms with Crippen molar-refractivity contribution in [3.05, 3.63) is 65.0 Å². The minimum Gasteiger partial charge on any atom is -0.497 e. The zero-order valence-corrected chi connectivity index (χ0v) is 18.5. The van der Waals surface area contributed by atoms with Crippen LogP contribution >= 0.6 is 11.3 Å². The lowest BCUT2D eigenvalue weighted by Gasteiger charge is -2.13. The van der Waals surface area contributed by atoms with Gasteiger partial charge in [-0.2, -0.15) is 0 Å². The zero-order valence-electron chi connectivity index (χ0n) is 17.7. The number of anilines is 1. The predicted molar refractivity (Wildman–Crippen MR) is 123 cm³/mol. The van der Waals surface area contributed by atoms with E-state index < -0.39 is 0 Å². The Morgan fingerprint density at radius 1 is 1.03 bits per heavy atom. The van der Waals surface area contributed by atoms with Gasteiger partial charge in [-0.25, -0.2) is 4.98 Å². The van der Waals surface area contributed by atoms with Crippen LogP contribution in [0.15, 0.2) is 53.9 Å². The number of aromatic nitrogens is 1. The first kappa shape index (κ1) is 21.7. The maximum absolute atomic E-state index is 12.4. The SMILES string of the molecule is COc1cccc(-c2csc(NC(=O)CCCCCN3C(=O)c4ccccc4C3=O)n2)c1. The average Bonchev–Trinajstić information content (AvgIpc) is 3.37. The molecule has 0 atom stereocenters. The Labute approximate surface area is 190 Å². The van der Waals surface area contributed by atoms with Gasteiger partial charge < -0.3 is 10.1 Å². The highest BCUT2D eigenvalue weighted by Gasteiger charge is 2.34. The molecule has 1 N–H and O–H groups in total. The summed E-state index contributed by atoms with van der Waals surface area (Å²) in [5.41, 5.74) is 2.64. The molecule has 164 valence electrons. The highest BCUT2D eigenvalue weighted by atomic mass is 32.1. The van der Waals surface area contributed by atoms with Crippen LogP contribution in [0.25, 0.3) is 11.3 Å². The number of methoxy groups -OCH3 is 1. The highest BCUT2D eigenvalue weighted by Crippen LogP contribution is 2.27. The molecule has 0 radical (unpaired) electrons. The number of thiazole rings is 1. The Bertz CT molecular complexity index is 1120. The van der Waals surface area contributed by atoms with Gasteiger partial charge in [0.25, 0.3) is 11.8 Å². The van der Waals surface area contributed by atoms with Crippen molar-refractivity contribution in [2.24, 2.45) is 0 Å². The van der Waals surface area contributed by atoms with Gasteiger partial charge >= 0.3 is 0 Å². The molecule has 0 saturated heterocycles. The second-order valence-corrected chi connectivity index (χ2v) is 8.29. The van der Waals surface area contributed by atoms with E-state index in [-0.39, 0.29) is 17.7 Å². The number of hydrogen-bond donors (Lipinski definition) is 1. The summed E-state index contributed by atoms with van der Waals surface area (Å²) in [6, 6.07) is 14.5. The lowest BCUT2D eigenvalue weighted by atomic mass is 10.1. The summed E-state index contributed by atoms with van der Waals surface area (Å²) >= 11 is 1.38. The molecule has 1 aliphatic heterocycles. The summed E-state index contributed by atoms with van der Waals surface area (Å²) in [5.74, 6) is 0.178. The summed E-state index contributed by atoms with van der Waals surface area (Å²) < 4.78 is 5.24. The third kappa shape index (κ3) is 4.70. The number of rotatable bonds is 9. The number of imide groups is 1. The van der Waals surface area contributed by atoms with Crippen LogP contribution in [0.3, 0.4) is 0 Å². The summed E-state index contributed by atoms with van der Waals surface area (Å²) in [6.45, 7) is 0.365. The first-order valence-electron chi connectivity index (χ1n) is 10.4. The van der Waals surface area contributed by atoms with E-state index in [0.717, 1.165) is 23.4 Å². The van der Waals surface area contributed by atoms with Crippen molar-refractivity contribution in [3.8, 4) is 17.0 Å². The van der Waals surface area contributed by atoms with Gasteiger partial charge in [0, 0.05) is 23.9 Å². The molecule has 7 nitrogen and oxygen atoms in total. The number of benzene rings is 2. The molecule has 0 fully saturated rings. The van der Waals surface area contributed by atoms with Gasteiger partial charge in [0.05, 0.1) is 23.9 Å². The van der Waals surface area contributed by atoms with E-state index in [2.05, 4.69) is 10.3 Å². The smallest absolute Gasteiger partial charge is 0.261 e. The zero-order chi connectivity index (χ0) is 22.5. The lowest BCUT2D eigenvalue weighted by Crippen LogP contribution is -2.30. The molecular formula is C24H23N3O4S. The molecule has 0 saturated carbocycles. The number of amides is 3. The van der Waals surface area contributed by atoms with E-state index in [0.29, 0.717) is 42.1 Å². The summed E-state index contributed by atoms with van der Waals surface area (Å²) in [6.07, 6.45) is 2.43. The number of nitrogens with zero attached hydrogens (tertiary/aromatic N) is 2. The molecule has 2 aromatic carbocycles. The number of carbonyl (C=O) groups is 3. The van der Waals surface area contributed by atoms with E-state index in [9.17, 15) is 14.4 Å². The van der Waals surface area contributed by atoms with Crippen molar-refractivity contribution < 1.29 is 19.1 Å². The summed E-state index contributed by atoms with van der Waals surface area (Å²) in [4.78, 5) is 42.7. The fourth-order valence-corrected chi connectivity index (χ4v) is 4.34. The number of carbonyl (C=O) groups excluding carboxylic acids is 3. The van der Waals surface area contributed by atoms with Crippen LogP contribution in [-0.4, -0.2) is 41.3 Å². The molecule has 1 aromatic heterocycles. The number of hydrogen-bond acceptors (Lipinski definition) is 6. The first-order valence-corrected chi connectivity index (χ1v) is 11.3. The predicted octanol–water partition coefficient (Wildman–Crippen LogP) is 4.61. The van der Waals surface area contributed by atoms with Crippen LogP contribution in [0.4, 0.5) is 5.13 Å². The van der Waals surface area contributed by atoms with Crippen LogP contribution in [-0.2, 0) is 4.79 Å². The Morgan fingerprint density at radius 3 is 2.50 bits per heavy atom. The molecule has 0 bridgehead atoms. The monoisotopic (exact) mass is 449 g/mol. The second kappa shape index (κ2) is 9.74. The van der Waals surface area contributed by atoms with Crippen molar-refractivity contribution in [2.45, 2.75) is 25.7 Å². The standard InChI is InChI=1S/C24H23N3O4S/c1-31-17-9-7-8-16(14-17)20-15-32-24(25-20)26-21(28)12-3-2-6-13-27-22(29)18-10-4-5-11-19(18)23(27)30/h4-5,7-11,14-15H,2-3,6,12-13H2,1H3,(H,25,26,28). The van der Waals surface area contributed by atoms with Gasteiger partial charge in [0.15, 0.2) is 5.13 Å². The maximum atomic E-state index is 12.4. The fourth-order valence-electron chi connectivity index (χ4n) is 3.60. The minimum absolute atomic E-state index is 0.0997. The number of unbranched alkanes of at least 4 members (excludes halogenated alkanes) is 2. The molecule has 0 spiro atoms. The fraction of sp³-hybridized carbons (Fsp3) is 0.250. The minimum atomic E-state index is -0.237. The quantitative estimate of drug-likeness (QED) is 0.381. The number of nitrogens with one attached hydrogen (secondary N) is 1.